The number of fused-ring (bicyclic) bond motifs is 1. The third-order valence-corrected chi connectivity index (χ3v) is 4.46. The van der Waals surface area contributed by atoms with Crippen LogP contribution in [0.25, 0.3) is 10.8 Å². The summed E-state index contributed by atoms with van der Waals surface area (Å²) < 4.78 is 5.19. The van der Waals surface area contributed by atoms with E-state index < -0.39 is 24.1 Å². The van der Waals surface area contributed by atoms with Crippen LogP contribution in [0, 0.1) is 5.92 Å². The number of carboxylic acids is 1. The van der Waals surface area contributed by atoms with Crippen LogP contribution in [0.4, 0.5) is 0 Å². The summed E-state index contributed by atoms with van der Waals surface area (Å²) in [6.45, 7) is 3.14. The largest absolute Gasteiger partial charge is 0.497 e. The molecule has 0 saturated carbocycles. The predicted molar refractivity (Wildman–Crippen MR) is 92.4 cm³/mol. The molecule has 5 heteroatoms. The molecule has 0 spiro atoms. The summed E-state index contributed by atoms with van der Waals surface area (Å²) >= 11 is 0. The lowest BCUT2D eigenvalue weighted by Gasteiger charge is -2.34. The van der Waals surface area contributed by atoms with Gasteiger partial charge in [-0.25, -0.2) is 0 Å². The third kappa shape index (κ3) is 3.23. The summed E-state index contributed by atoms with van der Waals surface area (Å²) in [5, 5.41) is 31.9. The molecule has 0 radical (unpaired) electrons. The number of ether oxygens (including phenoxy) is 1. The maximum atomic E-state index is 12.0. The van der Waals surface area contributed by atoms with Gasteiger partial charge in [0.25, 0.3) is 0 Å². The van der Waals surface area contributed by atoms with E-state index in [2.05, 4.69) is 0 Å². The van der Waals surface area contributed by atoms with E-state index >= 15 is 0 Å². The van der Waals surface area contributed by atoms with Crippen LogP contribution in [-0.4, -0.2) is 41.1 Å². The van der Waals surface area contributed by atoms with E-state index in [0.29, 0.717) is 11.3 Å². The Labute approximate surface area is 141 Å². The number of carboxylic acid groups (broad SMARTS) is 1. The molecule has 2 aromatic rings. The maximum Gasteiger partial charge on any atom is 0.319 e. The van der Waals surface area contributed by atoms with Gasteiger partial charge in [-0.3, -0.25) is 4.79 Å². The van der Waals surface area contributed by atoms with Gasteiger partial charge in [-0.15, -0.1) is 0 Å². The Bertz CT molecular complexity index is 725. The Morgan fingerprint density at radius 1 is 1.17 bits per heavy atom. The zero-order valence-electron chi connectivity index (χ0n) is 14.2. The standard InChI is InChI=1S/C19H24O5/c1-12(2)8-17(21)19(11-20,18(22)23)15-6-4-14-10-16(24-3)7-5-13(14)9-15/h4-7,9-10,12,17,20-21H,8,11H2,1-3H3,(H,22,23)/t17?,19-/m1/s1. The highest BCUT2D eigenvalue weighted by atomic mass is 16.5. The van der Waals surface area contributed by atoms with Crippen molar-refractivity contribution in [3.63, 3.8) is 0 Å². The number of aliphatic carboxylic acids is 1. The molecule has 1 unspecified atom stereocenters. The van der Waals surface area contributed by atoms with E-state index in [0.717, 1.165) is 10.8 Å². The van der Waals surface area contributed by atoms with E-state index in [4.69, 9.17) is 4.74 Å². The van der Waals surface area contributed by atoms with Crippen molar-refractivity contribution in [2.45, 2.75) is 31.8 Å². The van der Waals surface area contributed by atoms with Gasteiger partial charge in [0.15, 0.2) is 0 Å². The summed E-state index contributed by atoms with van der Waals surface area (Å²) in [7, 11) is 1.58. The highest BCUT2D eigenvalue weighted by Crippen LogP contribution is 2.34. The molecule has 5 nitrogen and oxygen atoms in total. The topological polar surface area (TPSA) is 87.0 Å². The van der Waals surface area contributed by atoms with Crippen LogP contribution in [-0.2, 0) is 10.2 Å². The maximum absolute atomic E-state index is 12.0. The highest BCUT2D eigenvalue weighted by Gasteiger charge is 2.47. The molecular formula is C19H24O5. The van der Waals surface area contributed by atoms with Gasteiger partial charge in [0.1, 0.15) is 11.2 Å². The fourth-order valence-corrected chi connectivity index (χ4v) is 3.00. The monoisotopic (exact) mass is 332 g/mol. The zero-order valence-corrected chi connectivity index (χ0v) is 14.2. The van der Waals surface area contributed by atoms with Crippen LogP contribution in [0.5, 0.6) is 5.75 Å². The molecule has 0 aliphatic heterocycles. The molecule has 130 valence electrons. The van der Waals surface area contributed by atoms with Crippen LogP contribution in [0.15, 0.2) is 36.4 Å². The molecule has 0 saturated heterocycles. The number of rotatable bonds is 7. The van der Waals surface area contributed by atoms with Gasteiger partial charge in [0.2, 0.25) is 0 Å². The van der Waals surface area contributed by atoms with Crippen molar-refractivity contribution in [1.29, 1.82) is 0 Å². The SMILES string of the molecule is COc1ccc2cc([C@@](CO)(C(=O)O)C(O)CC(C)C)ccc2c1. The number of methoxy groups -OCH3 is 1. The molecule has 2 aromatic carbocycles. The Kier molecular flexibility index (Phi) is 5.47. The molecule has 24 heavy (non-hydrogen) atoms. The fourth-order valence-electron chi connectivity index (χ4n) is 3.00. The number of hydrogen-bond acceptors (Lipinski definition) is 4. The van der Waals surface area contributed by atoms with Crippen LogP contribution >= 0.6 is 0 Å². The van der Waals surface area contributed by atoms with E-state index in [9.17, 15) is 20.1 Å². The van der Waals surface area contributed by atoms with Gasteiger partial charge in [0, 0.05) is 0 Å². The van der Waals surface area contributed by atoms with E-state index in [1.165, 1.54) is 0 Å². The van der Waals surface area contributed by atoms with Gasteiger partial charge in [-0.1, -0.05) is 32.0 Å². The number of aliphatic hydroxyl groups excluding tert-OH is 2. The summed E-state index contributed by atoms with van der Waals surface area (Å²) in [6, 6.07) is 10.6. The molecule has 0 aliphatic carbocycles. The first-order valence-corrected chi connectivity index (χ1v) is 7.95. The minimum absolute atomic E-state index is 0.106. The Balaban J connectivity index is 2.57. The lowest BCUT2D eigenvalue weighted by atomic mass is 9.73. The number of hydrogen-bond donors (Lipinski definition) is 3. The Hall–Kier alpha value is -2.11. The van der Waals surface area contributed by atoms with E-state index in [-0.39, 0.29) is 12.3 Å². The molecule has 0 aliphatic rings. The number of carbonyl (C=O) groups is 1. The van der Waals surface area contributed by atoms with Crippen molar-refractivity contribution in [2.75, 3.05) is 13.7 Å². The van der Waals surface area contributed by atoms with Crippen LogP contribution in [0.2, 0.25) is 0 Å². The fraction of sp³-hybridized carbons (Fsp3) is 0.421. The van der Waals surface area contributed by atoms with Crippen LogP contribution in [0.1, 0.15) is 25.8 Å². The van der Waals surface area contributed by atoms with E-state index in [1.807, 2.05) is 26.0 Å². The first kappa shape index (κ1) is 18.2. The molecule has 0 fully saturated rings. The molecule has 2 atom stereocenters. The summed E-state index contributed by atoms with van der Waals surface area (Å²) in [5.41, 5.74) is -1.35. The molecule has 0 aromatic heterocycles. The lowest BCUT2D eigenvalue weighted by Crippen LogP contribution is -2.50. The quantitative estimate of drug-likeness (QED) is 0.725. The van der Waals surface area contributed by atoms with Crippen molar-refractivity contribution in [3.05, 3.63) is 42.0 Å². The average Bonchev–Trinajstić information content (AvgIpc) is 2.54. The van der Waals surface area contributed by atoms with Crippen LogP contribution < -0.4 is 4.74 Å². The summed E-state index contributed by atoms with van der Waals surface area (Å²) in [5.74, 6) is -0.414. The second-order valence-corrected chi connectivity index (χ2v) is 6.51. The summed E-state index contributed by atoms with van der Waals surface area (Å²) in [4.78, 5) is 12.0. The zero-order chi connectivity index (χ0) is 17.9. The lowest BCUT2D eigenvalue weighted by molar-refractivity contribution is -0.152. The van der Waals surface area contributed by atoms with Gasteiger partial charge < -0.3 is 20.1 Å². The van der Waals surface area contributed by atoms with Gasteiger partial charge >= 0.3 is 5.97 Å². The molecule has 0 bridgehead atoms. The van der Waals surface area contributed by atoms with Crippen molar-refractivity contribution in [2.24, 2.45) is 5.92 Å². The normalized spacial score (nSPS) is 15.2. The van der Waals surface area contributed by atoms with E-state index in [1.54, 1.807) is 31.4 Å². The minimum Gasteiger partial charge on any atom is -0.497 e. The molecular weight excluding hydrogens is 308 g/mol. The van der Waals surface area contributed by atoms with Gasteiger partial charge in [0.05, 0.1) is 19.8 Å². The van der Waals surface area contributed by atoms with Crippen molar-refractivity contribution >= 4 is 16.7 Å². The summed E-state index contributed by atoms with van der Waals surface area (Å²) in [6.07, 6.45) is -0.899. The minimum atomic E-state index is -1.74. The predicted octanol–water partition coefficient (Wildman–Crippen LogP) is 2.57. The third-order valence-electron chi connectivity index (χ3n) is 4.46. The number of benzene rings is 2. The van der Waals surface area contributed by atoms with Crippen LogP contribution in [0.3, 0.4) is 0 Å². The average molecular weight is 332 g/mol. The van der Waals surface area contributed by atoms with Crippen molar-refractivity contribution in [1.82, 2.24) is 0 Å². The van der Waals surface area contributed by atoms with Gasteiger partial charge in [-0.2, -0.15) is 0 Å². The van der Waals surface area contributed by atoms with Gasteiger partial charge in [-0.05, 0) is 46.9 Å². The molecule has 0 amide bonds. The Morgan fingerprint density at radius 3 is 2.33 bits per heavy atom. The second-order valence-electron chi connectivity index (χ2n) is 6.51. The highest BCUT2D eigenvalue weighted by molar-refractivity contribution is 5.88. The first-order valence-electron chi connectivity index (χ1n) is 7.95. The smallest absolute Gasteiger partial charge is 0.319 e. The molecule has 2 rings (SSSR count). The number of aliphatic hydroxyl groups is 2. The molecule has 3 N–H and O–H groups in total. The first-order chi connectivity index (χ1) is 11.3. The van der Waals surface area contributed by atoms with Crippen molar-refractivity contribution in [3.8, 4) is 5.75 Å². The van der Waals surface area contributed by atoms with Crippen molar-refractivity contribution < 1.29 is 24.9 Å². The second kappa shape index (κ2) is 7.20. The molecule has 0 heterocycles. The Morgan fingerprint density at radius 2 is 1.79 bits per heavy atom.